The minimum absolute atomic E-state index is 0. The summed E-state index contributed by atoms with van der Waals surface area (Å²) >= 11 is 0. The lowest BCUT2D eigenvalue weighted by atomic mass is 10.0. The van der Waals surface area contributed by atoms with Crippen LogP contribution in [0.2, 0.25) is 0 Å². The molecule has 0 saturated carbocycles. The summed E-state index contributed by atoms with van der Waals surface area (Å²) in [6.45, 7) is 0. The molecule has 5 aromatic carbocycles. The molecule has 0 fully saturated rings. The highest BCUT2D eigenvalue weighted by Crippen LogP contribution is 2.57. The van der Waals surface area contributed by atoms with E-state index in [2.05, 4.69) is 5.32 Å². The van der Waals surface area contributed by atoms with Crippen molar-refractivity contribution in [2.45, 2.75) is 18.4 Å². The maximum Gasteiger partial charge on any atom is 0.416 e. The molecule has 5 rings (SSSR count). The number of carbonyl (C=O) groups excluding carboxylic acids is 1. The summed E-state index contributed by atoms with van der Waals surface area (Å²) in [6.07, 6.45) is -9.85. The lowest BCUT2D eigenvalue weighted by Gasteiger charge is -2.32. The SMILES string of the molecule is O=C(N[C@H](C[P+](c1ccccc1)(c1ccccc1)c1ccccc1)c1ccccc1)c1cc(C(F)(F)F)cc(C(F)(F)F)c1.[Br-]. The van der Waals surface area contributed by atoms with Crippen molar-refractivity contribution < 1.29 is 48.1 Å². The highest BCUT2D eigenvalue weighted by atomic mass is 79.9. The first-order valence-electron chi connectivity index (χ1n) is 13.7. The van der Waals surface area contributed by atoms with Crippen LogP contribution in [-0.2, 0) is 12.4 Å². The second kappa shape index (κ2) is 14.0. The predicted octanol–water partition coefficient (Wildman–Crippen LogP) is 5.19. The molecule has 0 saturated heterocycles. The highest BCUT2D eigenvalue weighted by Gasteiger charge is 2.48. The summed E-state index contributed by atoms with van der Waals surface area (Å²) in [4.78, 5) is 13.6. The van der Waals surface area contributed by atoms with E-state index in [0.717, 1.165) is 15.9 Å². The van der Waals surface area contributed by atoms with Crippen LogP contribution in [0.3, 0.4) is 0 Å². The van der Waals surface area contributed by atoms with Crippen molar-refractivity contribution >= 4 is 29.1 Å². The van der Waals surface area contributed by atoms with E-state index in [1.807, 2.05) is 91.0 Å². The van der Waals surface area contributed by atoms with Crippen molar-refractivity contribution in [1.29, 1.82) is 0 Å². The molecule has 45 heavy (non-hydrogen) atoms. The van der Waals surface area contributed by atoms with E-state index in [1.54, 1.807) is 30.3 Å². The van der Waals surface area contributed by atoms with Crippen LogP contribution in [0.1, 0.15) is 33.1 Å². The van der Waals surface area contributed by atoms with Gasteiger partial charge >= 0.3 is 12.4 Å². The number of carbonyl (C=O) groups is 1. The molecule has 0 bridgehead atoms. The number of nitrogens with one attached hydrogen (secondary N) is 1. The van der Waals surface area contributed by atoms with Crippen LogP contribution >= 0.6 is 7.26 Å². The van der Waals surface area contributed by atoms with E-state index >= 15 is 0 Å². The highest BCUT2D eigenvalue weighted by molar-refractivity contribution is 7.95. The van der Waals surface area contributed by atoms with Crippen LogP contribution in [-0.4, -0.2) is 12.1 Å². The van der Waals surface area contributed by atoms with E-state index in [9.17, 15) is 31.1 Å². The van der Waals surface area contributed by atoms with Crippen molar-refractivity contribution in [2.75, 3.05) is 6.16 Å². The molecule has 0 aromatic heterocycles. The fourth-order valence-electron chi connectivity index (χ4n) is 5.33. The summed E-state index contributed by atoms with van der Waals surface area (Å²) in [5, 5.41) is 5.84. The van der Waals surface area contributed by atoms with Crippen molar-refractivity contribution in [2.24, 2.45) is 0 Å². The van der Waals surface area contributed by atoms with Gasteiger partial charge in [0.1, 0.15) is 23.2 Å². The minimum atomic E-state index is -5.08. The topological polar surface area (TPSA) is 29.1 Å². The van der Waals surface area contributed by atoms with E-state index < -0.39 is 48.3 Å². The van der Waals surface area contributed by atoms with Gasteiger partial charge in [0.2, 0.25) is 0 Å². The Hall–Kier alpha value is -3.94. The van der Waals surface area contributed by atoms with Gasteiger partial charge in [0, 0.05) is 5.56 Å². The third-order valence-corrected chi connectivity index (χ3v) is 11.9. The summed E-state index contributed by atoms with van der Waals surface area (Å²) in [6, 6.07) is 38.4. The first-order valence-corrected chi connectivity index (χ1v) is 15.7. The maximum absolute atomic E-state index is 13.6. The molecule has 1 amide bonds. The predicted molar refractivity (Wildman–Crippen MR) is 163 cm³/mol. The molecule has 0 radical (unpaired) electrons. The smallest absolute Gasteiger partial charge is 0.416 e. The number of amides is 1. The van der Waals surface area contributed by atoms with Gasteiger partial charge in [-0.2, -0.15) is 26.3 Å². The summed E-state index contributed by atoms with van der Waals surface area (Å²) < 4.78 is 81.7. The van der Waals surface area contributed by atoms with E-state index in [-0.39, 0.29) is 23.0 Å². The average Bonchev–Trinajstić information content (AvgIpc) is 3.03. The molecule has 0 aliphatic rings. The maximum atomic E-state index is 13.6. The monoisotopic (exact) mass is 701 g/mol. The fourth-order valence-corrected chi connectivity index (χ4v) is 9.75. The molecule has 0 heterocycles. The Bertz CT molecular complexity index is 1570. The molecule has 0 unspecified atom stereocenters. The minimum Gasteiger partial charge on any atom is -1.00 e. The van der Waals surface area contributed by atoms with Crippen molar-refractivity contribution in [3.8, 4) is 0 Å². The summed E-state index contributed by atoms with van der Waals surface area (Å²) in [5.74, 6) is -1.04. The second-order valence-electron chi connectivity index (χ2n) is 10.2. The fraction of sp³-hybridized carbons (Fsp3) is 0.114. The van der Waals surface area contributed by atoms with Crippen LogP contribution in [0.5, 0.6) is 0 Å². The van der Waals surface area contributed by atoms with E-state index in [4.69, 9.17) is 0 Å². The van der Waals surface area contributed by atoms with E-state index in [0.29, 0.717) is 23.9 Å². The zero-order valence-corrected chi connectivity index (χ0v) is 26.0. The third kappa shape index (κ3) is 7.66. The number of benzene rings is 5. The van der Waals surface area contributed by atoms with Crippen LogP contribution in [0.4, 0.5) is 26.3 Å². The third-order valence-electron chi connectivity index (χ3n) is 7.40. The molecule has 0 aliphatic heterocycles. The van der Waals surface area contributed by atoms with Gasteiger partial charge in [-0.25, -0.2) is 0 Å². The van der Waals surface area contributed by atoms with Gasteiger partial charge in [0.25, 0.3) is 5.91 Å². The normalized spacial score (nSPS) is 12.6. The molecule has 0 aliphatic carbocycles. The molecule has 232 valence electrons. The summed E-state index contributed by atoms with van der Waals surface area (Å²) in [5.41, 5.74) is -3.16. The number of hydrogen-bond acceptors (Lipinski definition) is 1. The zero-order chi connectivity index (χ0) is 31.4. The molecule has 1 N–H and O–H groups in total. The molecule has 0 spiro atoms. The molecular weight excluding hydrogens is 675 g/mol. The Kier molecular flexibility index (Phi) is 10.6. The van der Waals surface area contributed by atoms with Crippen LogP contribution in [0, 0.1) is 0 Å². The lowest BCUT2D eigenvalue weighted by Crippen LogP contribution is -3.00. The van der Waals surface area contributed by atoms with Gasteiger partial charge < -0.3 is 22.3 Å². The molecule has 1 atom stereocenters. The Balaban J connectivity index is 0.00000461. The van der Waals surface area contributed by atoms with Crippen molar-refractivity contribution in [3.63, 3.8) is 0 Å². The van der Waals surface area contributed by atoms with E-state index in [1.165, 1.54) is 0 Å². The van der Waals surface area contributed by atoms with Gasteiger partial charge in [0.05, 0.1) is 23.3 Å². The molecule has 2 nitrogen and oxygen atoms in total. The standard InChI is InChI=1S/C35H26F6NOP.BrH/c36-34(37,38)27-21-26(22-28(23-27)35(39,40)41)33(43)42-32(25-13-5-1-6-14-25)24-44(29-15-7-2-8-16-29,30-17-9-3-10-18-30)31-19-11-4-12-20-31;/h1-23,32H,24H2;1H/t32-;/m1./s1. The average molecular weight is 702 g/mol. The largest absolute Gasteiger partial charge is 1.00 e. The van der Waals surface area contributed by atoms with Crippen molar-refractivity contribution in [3.05, 3.63) is 162 Å². The van der Waals surface area contributed by atoms with Gasteiger partial charge in [-0.3, -0.25) is 4.79 Å². The Labute approximate surface area is 268 Å². The Morgan fingerprint density at radius 2 is 0.933 bits per heavy atom. The number of alkyl halides is 6. The van der Waals surface area contributed by atoms with Gasteiger partial charge in [-0.1, -0.05) is 84.9 Å². The van der Waals surface area contributed by atoms with Crippen LogP contribution in [0.25, 0.3) is 0 Å². The second-order valence-corrected chi connectivity index (χ2v) is 13.8. The van der Waals surface area contributed by atoms with Gasteiger partial charge in [0.15, 0.2) is 0 Å². The number of halogens is 7. The first kappa shape index (κ1) is 33.9. The molecular formula is C35H27BrF6NOP. The molecule has 10 heteroatoms. The van der Waals surface area contributed by atoms with Crippen LogP contribution in [0.15, 0.2) is 140 Å². The quantitative estimate of drug-likeness (QED) is 0.175. The van der Waals surface area contributed by atoms with Crippen LogP contribution < -0.4 is 38.2 Å². The van der Waals surface area contributed by atoms with Crippen molar-refractivity contribution in [1.82, 2.24) is 5.32 Å². The Morgan fingerprint density at radius 1 is 0.578 bits per heavy atom. The summed E-state index contributed by atoms with van der Waals surface area (Å²) in [7, 11) is -2.57. The number of rotatable bonds is 8. The first-order chi connectivity index (χ1) is 21.0. The van der Waals surface area contributed by atoms with Gasteiger partial charge in [-0.05, 0) is 60.2 Å². The molecule has 5 aromatic rings. The number of hydrogen-bond donors (Lipinski definition) is 1. The Morgan fingerprint density at radius 3 is 1.29 bits per heavy atom. The van der Waals surface area contributed by atoms with Gasteiger partial charge in [-0.15, -0.1) is 0 Å². The lowest BCUT2D eigenvalue weighted by molar-refractivity contribution is -0.143. The zero-order valence-electron chi connectivity index (χ0n) is 23.6.